The molecule has 1 aliphatic rings. The van der Waals surface area contributed by atoms with Crippen LogP contribution in [0.25, 0.3) is 0 Å². The van der Waals surface area contributed by atoms with Crippen molar-refractivity contribution in [2.24, 2.45) is 5.73 Å². The van der Waals surface area contributed by atoms with E-state index in [0.29, 0.717) is 12.1 Å². The predicted octanol–water partition coefficient (Wildman–Crippen LogP) is 2.61. The van der Waals surface area contributed by atoms with Gasteiger partial charge in [-0.1, -0.05) is 38.1 Å². The van der Waals surface area contributed by atoms with Gasteiger partial charge in [0.05, 0.1) is 12.6 Å². The molecule has 0 aromatic rings. The van der Waals surface area contributed by atoms with E-state index in [4.69, 9.17) is 21.2 Å². The van der Waals surface area contributed by atoms with Crippen LogP contribution in [0, 0.1) is 0 Å². The Morgan fingerprint density at radius 1 is 1.27 bits per heavy atom. The second-order valence-corrected chi connectivity index (χ2v) is 8.51. The number of nitrogens with zero attached hydrogens (tertiary/aromatic N) is 1. The Kier molecular flexibility index (Phi) is 32.7. The molecule has 12 heteroatoms. The molecule has 0 radical (unpaired) electrons. The van der Waals surface area contributed by atoms with E-state index in [2.05, 4.69) is 22.1 Å². The zero-order chi connectivity index (χ0) is 31.2. The van der Waals surface area contributed by atoms with Gasteiger partial charge in [0.1, 0.15) is 18.3 Å². The first kappa shape index (κ1) is 42.0. The number of aliphatic hydroxyl groups is 2. The number of nitrogens with one attached hydrogen (secondary N) is 3. The molecule has 0 aromatic carbocycles. The molecule has 8 N–H and O–H groups in total. The van der Waals surface area contributed by atoms with Crippen LogP contribution in [0.3, 0.4) is 0 Å². The van der Waals surface area contributed by atoms with Gasteiger partial charge in [0.25, 0.3) is 0 Å². The second kappa shape index (κ2) is 31.1. The number of aldehydes is 1. The van der Waals surface area contributed by atoms with Crippen molar-refractivity contribution in [2.75, 3.05) is 40.4 Å². The van der Waals surface area contributed by atoms with Crippen molar-refractivity contribution >= 4 is 12.2 Å². The van der Waals surface area contributed by atoms with Gasteiger partial charge in [-0.2, -0.15) is 0 Å². The molecule has 1 rings (SSSR count). The van der Waals surface area contributed by atoms with Crippen molar-refractivity contribution in [3.05, 3.63) is 48.0 Å². The molecule has 0 spiro atoms. The average Bonchev–Trinajstić information content (AvgIpc) is 3.46. The van der Waals surface area contributed by atoms with Crippen LogP contribution >= 0.6 is 0 Å². The third-order valence-corrected chi connectivity index (χ3v) is 5.53. The fraction of sp³-hybridized carbons (Fsp3) is 0.643. The highest BCUT2D eigenvalue weighted by molar-refractivity contribution is 5.81. The molecule has 40 heavy (non-hydrogen) atoms. The van der Waals surface area contributed by atoms with Crippen molar-refractivity contribution in [1.82, 2.24) is 21.2 Å². The summed E-state index contributed by atoms with van der Waals surface area (Å²) in [5.41, 5.74) is 8.36. The van der Waals surface area contributed by atoms with Gasteiger partial charge in [0.2, 0.25) is 5.91 Å². The number of halogens is 1. The Bertz CT molecular complexity index is 730. The minimum atomic E-state index is -0.288. The van der Waals surface area contributed by atoms with Crippen LogP contribution in [0.1, 0.15) is 65.7 Å². The van der Waals surface area contributed by atoms with Gasteiger partial charge in [0, 0.05) is 26.8 Å². The minimum absolute atomic E-state index is 0.00431. The maximum Gasteiger partial charge on any atom is 0.236 e. The minimum Gasteiger partial charge on any atom is -0.400 e. The normalized spacial score (nSPS) is 15.7. The molecule has 1 saturated heterocycles. The number of nitrogens with two attached hydrogens (primary N) is 1. The van der Waals surface area contributed by atoms with E-state index in [1.54, 1.807) is 30.6 Å². The molecule has 234 valence electrons. The van der Waals surface area contributed by atoms with Gasteiger partial charge in [-0.05, 0) is 82.5 Å². The molecule has 1 aliphatic heterocycles. The van der Waals surface area contributed by atoms with E-state index in [0.717, 1.165) is 70.5 Å². The summed E-state index contributed by atoms with van der Waals surface area (Å²) in [5, 5.41) is 29.6. The van der Waals surface area contributed by atoms with Gasteiger partial charge < -0.3 is 31.0 Å². The lowest BCUT2D eigenvalue weighted by Gasteiger charge is -2.18. The van der Waals surface area contributed by atoms with Crippen LogP contribution in [0.4, 0.5) is 4.39 Å². The molecule has 2 unspecified atom stereocenters. The molecule has 1 heterocycles. The summed E-state index contributed by atoms with van der Waals surface area (Å²) >= 11 is 0. The number of hydrogen-bond acceptors (Lipinski definition) is 10. The molecule has 0 aliphatic carbocycles. The maximum atomic E-state index is 13.2. The molecule has 0 aromatic heterocycles. The van der Waals surface area contributed by atoms with Crippen molar-refractivity contribution in [3.8, 4) is 0 Å². The molecule has 0 saturated carbocycles. The number of carbonyl (C=O) groups excluding carboxylic acids is 2. The first-order valence-electron chi connectivity index (χ1n) is 13.6. The number of hydrogen-bond donors (Lipinski definition) is 7. The van der Waals surface area contributed by atoms with E-state index in [1.807, 2.05) is 20.0 Å². The lowest BCUT2D eigenvalue weighted by Crippen LogP contribution is -2.40. The molecule has 0 bridgehead atoms. The monoisotopic (exact) mass is 575 g/mol. The van der Waals surface area contributed by atoms with Crippen LogP contribution in [0.2, 0.25) is 0 Å². The van der Waals surface area contributed by atoms with Crippen LogP contribution in [0.15, 0.2) is 48.0 Å². The van der Waals surface area contributed by atoms with Crippen LogP contribution in [0.5, 0.6) is 0 Å². The third-order valence-electron chi connectivity index (χ3n) is 5.53. The van der Waals surface area contributed by atoms with Crippen LogP contribution in [-0.2, 0) is 14.4 Å². The van der Waals surface area contributed by atoms with Crippen molar-refractivity contribution in [1.29, 1.82) is 0 Å². The molecule has 1 amide bonds. The zero-order valence-corrected chi connectivity index (χ0v) is 25.0. The molecule has 11 nitrogen and oxygen atoms in total. The van der Waals surface area contributed by atoms with Crippen LogP contribution in [-0.4, -0.2) is 85.2 Å². The largest absolute Gasteiger partial charge is 0.400 e. The Morgan fingerprint density at radius 2 is 1.93 bits per heavy atom. The first-order valence-corrected chi connectivity index (χ1v) is 13.6. The standard InChI is InChI=1S/C16H26FNO.C7H12N2O2.C4H12N2O2.CH4O/c1-4-9-16(17)12-14(2)15(3)13-18-10-7-5-6-8-11-19;8-4-7(11)9-3-1-2-6(9)5-10;1-3-4(5-2)8-6-7;1-2/h4,9,12-13,18-19H,2,5-8,10-11H2,1,3H3;5-6H,1-4,8H2;4-7H,3H2,1-2H3;2H,1H3/b9-4-,15-13-,16-12+;;;. The van der Waals surface area contributed by atoms with E-state index in [9.17, 15) is 14.0 Å². The fourth-order valence-electron chi connectivity index (χ4n) is 3.27. The smallest absolute Gasteiger partial charge is 0.236 e. The highest BCUT2D eigenvalue weighted by Gasteiger charge is 2.26. The number of likely N-dealkylation sites (tertiary alicyclic amines) is 1. The van der Waals surface area contributed by atoms with Gasteiger partial charge in [0.15, 0.2) is 0 Å². The van der Waals surface area contributed by atoms with Gasteiger partial charge in [-0.3, -0.25) is 20.2 Å². The maximum absolute atomic E-state index is 13.2. The SMILES string of the molecule is C=C(/C=C(F)\C=C/C)/C(C)=C\NCCCCCCO.CCC(NC)ONO.CO.NCC(=O)N1CCCC1C=O. The Hall–Kier alpha value is -2.45. The quantitative estimate of drug-likeness (QED) is 0.0477. The highest BCUT2D eigenvalue weighted by Crippen LogP contribution is 2.14. The summed E-state index contributed by atoms with van der Waals surface area (Å²) in [6.45, 7) is 11.3. The van der Waals surface area contributed by atoms with Gasteiger partial charge >= 0.3 is 0 Å². The van der Waals surface area contributed by atoms with Crippen molar-refractivity contribution < 1.29 is 34.2 Å². The highest BCUT2D eigenvalue weighted by atomic mass is 19.1. The topological polar surface area (TPSA) is 169 Å². The summed E-state index contributed by atoms with van der Waals surface area (Å²) < 4.78 is 13.2. The van der Waals surface area contributed by atoms with E-state index < -0.39 is 0 Å². The van der Waals surface area contributed by atoms with Crippen LogP contribution < -0.4 is 22.0 Å². The number of aliphatic hydroxyl groups excluding tert-OH is 2. The summed E-state index contributed by atoms with van der Waals surface area (Å²) in [7, 11) is 2.76. The summed E-state index contributed by atoms with van der Waals surface area (Å²) in [5.74, 6) is -0.413. The third kappa shape index (κ3) is 23.4. The van der Waals surface area contributed by atoms with Gasteiger partial charge in [-0.25, -0.2) is 4.39 Å². The summed E-state index contributed by atoms with van der Waals surface area (Å²) in [6.07, 6.45) is 13.7. The van der Waals surface area contributed by atoms with E-state index >= 15 is 0 Å². The molecular weight excluding hydrogens is 521 g/mol. The second-order valence-electron chi connectivity index (χ2n) is 8.51. The number of carbonyl (C=O) groups is 2. The Labute approximate surface area is 239 Å². The lowest BCUT2D eigenvalue weighted by atomic mass is 10.1. The number of rotatable bonds is 16. The van der Waals surface area contributed by atoms with Crippen molar-refractivity contribution in [2.45, 2.75) is 78.0 Å². The number of allylic oxidation sites excluding steroid dienone is 6. The molecule has 2 atom stereocenters. The fourth-order valence-corrected chi connectivity index (χ4v) is 3.27. The summed E-state index contributed by atoms with van der Waals surface area (Å²) in [6, 6.07) is -0.217. The zero-order valence-electron chi connectivity index (χ0n) is 25.0. The summed E-state index contributed by atoms with van der Waals surface area (Å²) in [4.78, 5) is 27.5. The number of amides is 1. The predicted molar refractivity (Wildman–Crippen MR) is 158 cm³/mol. The molecular formula is C28H54FN5O6. The lowest BCUT2D eigenvalue weighted by molar-refractivity contribution is -0.170. The van der Waals surface area contributed by atoms with Gasteiger partial charge in [-0.15, -0.1) is 0 Å². The first-order chi connectivity index (χ1) is 19.2. The van der Waals surface area contributed by atoms with E-state index in [1.165, 1.54) is 12.2 Å². The Balaban J connectivity index is -0.000000548. The Morgan fingerprint density at radius 3 is 2.40 bits per heavy atom. The average molecular weight is 576 g/mol. The number of unbranched alkanes of at least 4 members (excludes halogenated alkanes) is 3. The molecule has 1 fully saturated rings. The van der Waals surface area contributed by atoms with Crippen molar-refractivity contribution in [3.63, 3.8) is 0 Å². The van der Waals surface area contributed by atoms with E-state index in [-0.39, 0.29) is 37.2 Å².